The molecule has 3 aromatic carbocycles. The molecule has 0 bridgehead atoms. The molecule has 1 aliphatic carbocycles. The van der Waals surface area contributed by atoms with Crippen LogP contribution in [0.5, 0.6) is 0 Å². The quantitative estimate of drug-likeness (QED) is 0.448. The van der Waals surface area contributed by atoms with Crippen molar-refractivity contribution in [3.8, 4) is 0 Å². The van der Waals surface area contributed by atoms with Gasteiger partial charge in [-0.2, -0.15) is 0 Å². The van der Waals surface area contributed by atoms with Crippen LogP contribution in [0.2, 0.25) is 0 Å². The Morgan fingerprint density at radius 1 is 1.06 bits per heavy atom. The number of rotatable bonds is 7. The first-order valence-corrected chi connectivity index (χ1v) is 12.7. The van der Waals surface area contributed by atoms with Crippen molar-refractivity contribution in [2.24, 2.45) is 4.99 Å². The van der Waals surface area contributed by atoms with Gasteiger partial charge in [-0.05, 0) is 72.7 Å². The molecule has 0 heterocycles. The highest BCUT2D eigenvalue weighted by Crippen LogP contribution is 2.23. The summed E-state index contributed by atoms with van der Waals surface area (Å²) in [5.41, 5.74) is 5.18. The van der Waals surface area contributed by atoms with Gasteiger partial charge in [0.15, 0.2) is 5.43 Å². The van der Waals surface area contributed by atoms with Gasteiger partial charge in [0.05, 0.1) is 17.7 Å². The lowest BCUT2D eigenvalue weighted by Gasteiger charge is -2.15. The first kappa shape index (κ1) is 25.5. The maximum Gasteiger partial charge on any atom is 0.255 e. The molecule has 2 atom stereocenters. The summed E-state index contributed by atoms with van der Waals surface area (Å²) in [5, 5.41) is 14.3. The van der Waals surface area contributed by atoms with Gasteiger partial charge in [-0.1, -0.05) is 67.6 Å². The van der Waals surface area contributed by atoms with E-state index in [4.69, 9.17) is 0 Å². The van der Waals surface area contributed by atoms with E-state index in [-0.39, 0.29) is 17.0 Å². The summed E-state index contributed by atoms with van der Waals surface area (Å²) in [6, 6.07) is 19.1. The number of nitrogens with one attached hydrogen (secondary N) is 1. The van der Waals surface area contributed by atoms with Gasteiger partial charge in [0.25, 0.3) is 5.91 Å². The van der Waals surface area contributed by atoms with Gasteiger partial charge in [-0.15, -0.1) is 0 Å². The number of carbonyl (C=O) groups is 1. The van der Waals surface area contributed by atoms with Gasteiger partial charge in [0.2, 0.25) is 0 Å². The normalized spacial score (nSPS) is 18.4. The Labute approximate surface area is 212 Å². The first-order valence-electron chi connectivity index (χ1n) is 12.7. The third kappa shape index (κ3) is 5.47. The smallest absolute Gasteiger partial charge is 0.255 e. The molecule has 1 aliphatic rings. The lowest BCUT2D eigenvalue weighted by molar-refractivity contribution is 0.0872. The van der Waals surface area contributed by atoms with E-state index in [2.05, 4.69) is 47.6 Å². The van der Waals surface area contributed by atoms with Crippen LogP contribution in [0.15, 0.2) is 76.5 Å². The van der Waals surface area contributed by atoms with Crippen molar-refractivity contribution in [3.05, 3.63) is 99.2 Å². The number of carbonyl (C=O) groups excluding carboxylic acids is 1. The minimum Gasteiger partial charge on any atom is -0.391 e. The number of hydrogen-bond acceptors (Lipinski definition) is 4. The molecule has 0 spiro atoms. The number of fused-ring (bicyclic) bond motifs is 1. The molecule has 0 aliphatic heterocycles. The molecule has 0 aromatic heterocycles. The lowest BCUT2D eigenvalue weighted by atomic mass is 9.96. The van der Waals surface area contributed by atoms with Gasteiger partial charge in [0.1, 0.15) is 0 Å². The highest BCUT2D eigenvalue weighted by molar-refractivity contribution is 6.22. The Balaban J connectivity index is 1.68. The molecule has 186 valence electrons. The summed E-state index contributed by atoms with van der Waals surface area (Å²) in [6.45, 7) is 4.14. The molecular formula is C31H34N2O3. The van der Waals surface area contributed by atoms with E-state index >= 15 is 0 Å². The van der Waals surface area contributed by atoms with Crippen LogP contribution in [0.25, 0.3) is 16.3 Å². The fraction of sp³-hybridized carbons (Fsp3) is 0.323. The van der Waals surface area contributed by atoms with Crippen LogP contribution in [0.3, 0.4) is 0 Å². The highest BCUT2D eigenvalue weighted by atomic mass is 16.3. The number of benzene rings is 2. The molecular weight excluding hydrogens is 448 g/mol. The van der Waals surface area contributed by atoms with Gasteiger partial charge in [-0.25, -0.2) is 0 Å². The standard InChI is InChI=1S/C31H34N2O3/c1-4-8-24(20(2)32-3)22-15-13-21(14-16-22)19-23-17-18-27(30(35)26-10-6-5-9-25(23)26)31(36)33-28-11-7-12-29(28)34/h5-6,8-10,13-18,28-29,34H,4,7,11-12,19H2,1-3H3,(H,33,36)/b24-8+,32-20?/t28-,29-/m0/s1. The van der Waals surface area contributed by atoms with E-state index in [1.54, 1.807) is 12.1 Å². The summed E-state index contributed by atoms with van der Waals surface area (Å²) >= 11 is 0. The number of allylic oxidation sites excluding steroid dienone is 2. The molecule has 36 heavy (non-hydrogen) atoms. The van der Waals surface area contributed by atoms with Crippen LogP contribution in [0.1, 0.15) is 66.6 Å². The molecule has 4 rings (SSSR count). The van der Waals surface area contributed by atoms with Crippen molar-refractivity contribution in [1.82, 2.24) is 5.32 Å². The Bertz CT molecular complexity index is 1370. The van der Waals surface area contributed by atoms with Crippen LogP contribution >= 0.6 is 0 Å². The minimum atomic E-state index is -0.558. The molecule has 0 radical (unpaired) electrons. The van der Waals surface area contributed by atoms with Gasteiger partial charge >= 0.3 is 0 Å². The van der Waals surface area contributed by atoms with Crippen LogP contribution < -0.4 is 10.7 Å². The van der Waals surface area contributed by atoms with E-state index in [1.807, 2.05) is 38.2 Å². The second-order valence-corrected chi connectivity index (χ2v) is 9.43. The number of nitrogens with zero attached hydrogens (tertiary/aromatic N) is 1. The first-order chi connectivity index (χ1) is 17.4. The average molecular weight is 483 g/mol. The summed E-state index contributed by atoms with van der Waals surface area (Å²) in [6.07, 6.45) is 5.46. The van der Waals surface area contributed by atoms with Gasteiger partial charge < -0.3 is 10.4 Å². The van der Waals surface area contributed by atoms with Crippen LogP contribution in [0.4, 0.5) is 0 Å². The largest absolute Gasteiger partial charge is 0.391 e. The monoisotopic (exact) mass is 482 g/mol. The Morgan fingerprint density at radius 3 is 2.42 bits per heavy atom. The Hall–Kier alpha value is -3.57. The fourth-order valence-electron chi connectivity index (χ4n) is 4.96. The van der Waals surface area contributed by atoms with Crippen molar-refractivity contribution in [1.29, 1.82) is 0 Å². The summed E-state index contributed by atoms with van der Waals surface area (Å²) < 4.78 is 0. The molecule has 5 nitrogen and oxygen atoms in total. The van der Waals surface area contributed by atoms with E-state index in [0.29, 0.717) is 18.2 Å². The van der Waals surface area contributed by atoms with E-state index in [0.717, 1.165) is 52.6 Å². The number of aliphatic hydroxyl groups excluding tert-OH is 1. The lowest BCUT2D eigenvalue weighted by Crippen LogP contribution is -2.41. The second-order valence-electron chi connectivity index (χ2n) is 9.43. The fourth-order valence-corrected chi connectivity index (χ4v) is 4.96. The van der Waals surface area contributed by atoms with Crippen LogP contribution in [0, 0.1) is 0 Å². The molecule has 1 amide bonds. The van der Waals surface area contributed by atoms with Crippen molar-refractivity contribution in [2.45, 2.75) is 58.1 Å². The summed E-state index contributed by atoms with van der Waals surface area (Å²) in [7, 11) is 1.81. The van der Waals surface area contributed by atoms with Gasteiger partial charge in [-0.3, -0.25) is 14.6 Å². The summed E-state index contributed by atoms with van der Waals surface area (Å²) in [5.74, 6) is -0.425. The zero-order valence-corrected chi connectivity index (χ0v) is 21.3. The van der Waals surface area contributed by atoms with Crippen molar-refractivity contribution in [2.75, 3.05) is 7.05 Å². The molecule has 0 saturated heterocycles. The zero-order valence-electron chi connectivity index (χ0n) is 21.3. The summed E-state index contributed by atoms with van der Waals surface area (Å²) in [4.78, 5) is 30.7. The van der Waals surface area contributed by atoms with Gasteiger partial charge in [0, 0.05) is 18.1 Å². The van der Waals surface area contributed by atoms with Crippen LogP contribution in [-0.2, 0) is 6.42 Å². The zero-order chi connectivity index (χ0) is 25.7. The number of aliphatic hydroxyl groups is 1. The topological polar surface area (TPSA) is 78.8 Å². The van der Waals surface area contributed by atoms with Crippen molar-refractivity contribution < 1.29 is 9.90 Å². The average Bonchev–Trinajstić information content (AvgIpc) is 3.24. The molecule has 5 heteroatoms. The maximum absolute atomic E-state index is 13.4. The van der Waals surface area contributed by atoms with E-state index in [1.165, 1.54) is 0 Å². The van der Waals surface area contributed by atoms with Crippen LogP contribution in [-0.4, -0.2) is 35.9 Å². The third-order valence-electron chi connectivity index (χ3n) is 7.05. The van der Waals surface area contributed by atoms with Crippen molar-refractivity contribution in [3.63, 3.8) is 0 Å². The molecule has 1 fully saturated rings. The predicted molar refractivity (Wildman–Crippen MR) is 148 cm³/mol. The highest BCUT2D eigenvalue weighted by Gasteiger charge is 2.27. The van der Waals surface area contributed by atoms with E-state index in [9.17, 15) is 14.7 Å². The second kappa shape index (κ2) is 11.4. The number of amides is 1. The third-order valence-corrected chi connectivity index (χ3v) is 7.05. The Kier molecular flexibility index (Phi) is 8.11. The molecule has 3 aromatic rings. The Morgan fingerprint density at radius 2 is 1.78 bits per heavy atom. The van der Waals surface area contributed by atoms with E-state index < -0.39 is 12.0 Å². The SMILES string of the molecule is CC/C=C(\C(C)=NC)c1ccc(Cc2ccc(C(=O)N[C@H]3CCC[C@@H]3O)c(=O)c3ccccc23)cc1. The molecule has 0 unspecified atom stereocenters. The maximum atomic E-state index is 13.4. The molecule has 1 saturated carbocycles. The number of aliphatic imine (C=N–C) groups is 1. The van der Waals surface area contributed by atoms with Crippen molar-refractivity contribution >= 4 is 28.0 Å². The number of hydrogen-bond donors (Lipinski definition) is 2. The molecule has 2 N–H and O–H groups in total. The predicted octanol–water partition coefficient (Wildman–Crippen LogP) is 5.32. The minimum absolute atomic E-state index is 0.107.